The molecule has 0 radical (unpaired) electrons. The molecule has 0 spiro atoms. The maximum absolute atomic E-state index is 12.4. The van der Waals surface area contributed by atoms with Crippen molar-refractivity contribution >= 4 is 5.91 Å². The van der Waals surface area contributed by atoms with Crippen LogP contribution in [0.2, 0.25) is 0 Å². The molecule has 0 bridgehead atoms. The zero-order chi connectivity index (χ0) is 17.6. The molecule has 1 amide bonds. The number of amides is 1. The zero-order valence-corrected chi connectivity index (χ0v) is 15.8. The number of piperidine rings is 2. The molecule has 2 aliphatic rings. The third-order valence-electron chi connectivity index (χ3n) is 5.58. The van der Waals surface area contributed by atoms with E-state index in [4.69, 9.17) is 0 Å². The molecule has 2 aliphatic heterocycles. The number of nitrogens with one attached hydrogen (secondary N) is 2. The first-order valence-corrected chi connectivity index (χ1v) is 9.89. The number of nitrogens with zero attached hydrogens (tertiary/aromatic N) is 1. The molecule has 3 atom stereocenters. The zero-order valence-electron chi connectivity index (χ0n) is 15.8. The summed E-state index contributed by atoms with van der Waals surface area (Å²) in [4.78, 5) is 15.0. The van der Waals surface area contributed by atoms with Crippen LogP contribution in [0.3, 0.4) is 0 Å². The first kappa shape index (κ1) is 18.4. The van der Waals surface area contributed by atoms with Crippen LogP contribution >= 0.6 is 0 Å². The Kier molecular flexibility index (Phi) is 6.49. The largest absolute Gasteiger partial charge is 0.352 e. The molecule has 2 heterocycles. The lowest BCUT2D eigenvalue weighted by Gasteiger charge is -2.35. The summed E-state index contributed by atoms with van der Waals surface area (Å²) in [5.74, 6) is 1.87. The van der Waals surface area contributed by atoms with Crippen molar-refractivity contribution in [2.45, 2.75) is 46.2 Å². The van der Waals surface area contributed by atoms with Crippen molar-refractivity contribution in [3.63, 3.8) is 0 Å². The molecule has 25 heavy (non-hydrogen) atoms. The number of carbonyl (C=O) groups is 1. The quantitative estimate of drug-likeness (QED) is 0.864. The van der Waals surface area contributed by atoms with Crippen molar-refractivity contribution < 1.29 is 4.79 Å². The van der Waals surface area contributed by atoms with E-state index in [9.17, 15) is 4.79 Å². The maximum Gasteiger partial charge on any atom is 0.224 e. The normalized spacial score (nSPS) is 27.8. The van der Waals surface area contributed by atoms with Gasteiger partial charge in [0.1, 0.15) is 0 Å². The van der Waals surface area contributed by atoms with Gasteiger partial charge in [0.25, 0.3) is 0 Å². The summed E-state index contributed by atoms with van der Waals surface area (Å²) in [6.07, 6.45) is 3.44. The van der Waals surface area contributed by atoms with Gasteiger partial charge in [0.15, 0.2) is 0 Å². The molecule has 1 aromatic rings. The second kappa shape index (κ2) is 8.81. The fourth-order valence-corrected chi connectivity index (χ4v) is 4.45. The number of benzene rings is 1. The highest BCUT2D eigenvalue weighted by Crippen LogP contribution is 2.23. The minimum atomic E-state index is 0.129. The molecule has 2 saturated heterocycles. The molecule has 4 heteroatoms. The summed E-state index contributed by atoms with van der Waals surface area (Å²) in [7, 11) is 0. The van der Waals surface area contributed by atoms with E-state index >= 15 is 0 Å². The minimum Gasteiger partial charge on any atom is -0.352 e. The van der Waals surface area contributed by atoms with Crippen LogP contribution in [0, 0.1) is 17.8 Å². The van der Waals surface area contributed by atoms with E-state index in [1.54, 1.807) is 0 Å². The Labute approximate surface area is 152 Å². The predicted molar refractivity (Wildman–Crippen MR) is 102 cm³/mol. The molecule has 0 aliphatic carbocycles. The minimum absolute atomic E-state index is 0.129. The average Bonchev–Trinajstić information content (AvgIpc) is 2.60. The summed E-state index contributed by atoms with van der Waals surface area (Å²) < 4.78 is 0. The van der Waals surface area contributed by atoms with Crippen LogP contribution in [-0.2, 0) is 17.9 Å². The van der Waals surface area contributed by atoms with Gasteiger partial charge in [-0.3, -0.25) is 9.69 Å². The van der Waals surface area contributed by atoms with E-state index in [0.29, 0.717) is 6.54 Å². The lowest BCUT2D eigenvalue weighted by Crippen LogP contribution is -2.40. The number of likely N-dealkylation sites (tertiary alicyclic amines) is 1. The molecule has 2 N–H and O–H groups in total. The molecule has 3 rings (SSSR count). The Balaban J connectivity index is 1.57. The van der Waals surface area contributed by atoms with Crippen molar-refractivity contribution in [2.75, 3.05) is 26.2 Å². The van der Waals surface area contributed by atoms with Crippen LogP contribution in [-0.4, -0.2) is 37.0 Å². The molecule has 0 aromatic heterocycles. The van der Waals surface area contributed by atoms with Gasteiger partial charge in [-0.1, -0.05) is 38.1 Å². The molecule has 1 aromatic carbocycles. The smallest absolute Gasteiger partial charge is 0.224 e. The van der Waals surface area contributed by atoms with E-state index < -0.39 is 0 Å². The molecule has 0 saturated carbocycles. The Morgan fingerprint density at radius 3 is 2.60 bits per heavy atom. The van der Waals surface area contributed by atoms with Crippen LogP contribution in [0.25, 0.3) is 0 Å². The fraction of sp³-hybridized carbons (Fsp3) is 0.667. The van der Waals surface area contributed by atoms with Crippen molar-refractivity contribution in [3.8, 4) is 0 Å². The monoisotopic (exact) mass is 343 g/mol. The topological polar surface area (TPSA) is 44.4 Å². The standard InChI is InChI=1S/C21H33N3O/c1-16-10-17(2)14-24(13-16)15-20-7-4-3-6-18(20)12-23-21(25)19-8-5-9-22-11-19/h3-4,6-7,16-17,19,22H,5,8-15H2,1-2H3,(H,23,25). The van der Waals surface area contributed by atoms with Crippen molar-refractivity contribution in [1.82, 2.24) is 15.5 Å². The third kappa shape index (κ3) is 5.29. The summed E-state index contributed by atoms with van der Waals surface area (Å²) in [5.41, 5.74) is 2.61. The van der Waals surface area contributed by atoms with E-state index in [1.807, 2.05) is 0 Å². The van der Waals surface area contributed by atoms with Gasteiger partial charge in [-0.05, 0) is 48.8 Å². The lowest BCUT2D eigenvalue weighted by atomic mass is 9.91. The average molecular weight is 344 g/mol. The predicted octanol–water partition coefficient (Wildman–Crippen LogP) is 2.78. The van der Waals surface area contributed by atoms with Crippen LogP contribution in [0.5, 0.6) is 0 Å². The first-order valence-electron chi connectivity index (χ1n) is 9.89. The van der Waals surface area contributed by atoms with Crippen molar-refractivity contribution in [1.29, 1.82) is 0 Å². The maximum atomic E-state index is 12.4. The molecule has 138 valence electrons. The SMILES string of the molecule is CC1CC(C)CN(Cc2ccccc2CNC(=O)C2CCCNC2)C1. The molecular formula is C21H33N3O. The molecule has 2 fully saturated rings. The van der Waals surface area contributed by atoms with Gasteiger partial charge in [-0.2, -0.15) is 0 Å². The van der Waals surface area contributed by atoms with E-state index in [2.05, 4.69) is 53.6 Å². The second-order valence-corrected chi connectivity index (χ2v) is 8.17. The van der Waals surface area contributed by atoms with Crippen LogP contribution in [0.15, 0.2) is 24.3 Å². The van der Waals surface area contributed by atoms with Gasteiger partial charge in [0, 0.05) is 32.7 Å². The summed E-state index contributed by atoms with van der Waals surface area (Å²) in [6, 6.07) is 8.57. The van der Waals surface area contributed by atoms with Gasteiger partial charge in [-0.25, -0.2) is 0 Å². The number of hydrogen-bond acceptors (Lipinski definition) is 3. The van der Waals surface area contributed by atoms with Crippen molar-refractivity contribution in [2.24, 2.45) is 17.8 Å². The highest BCUT2D eigenvalue weighted by Gasteiger charge is 2.23. The number of rotatable bonds is 5. The fourth-order valence-electron chi connectivity index (χ4n) is 4.45. The van der Waals surface area contributed by atoms with Gasteiger partial charge >= 0.3 is 0 Å². The van der Waals surface area contributed by atoms with E-state index in [0.717, 1.165) is 44.3 Å². The highest BCUT2D eigenvalue weighted by atomic mass is 16.1. The first-order chi connectivity index (χ1) is 12.1. The summed E-state index contributed by atoms with van der Waals surface area (Å²) in [5, 5.41) is 6.49. The summed E-state index contributed by atoms with van der Waals surface area (Å²) >= 11 is 0. The van der Waals surface area contributed by atoms with Gasteiger partial charge in [0.05, 0.1) is 5.92 Å². The number of hydrogen-bond donors (Lipinski definition) is 2. The van der Waals surface area contributed by atoms with Gasteiger partial charge in [0.2, 0.25) is 5.91 Å². The summed E-state index contributed by atoms with van der Waals surface area (Å²) in [6.45, 7) is 10.6. The van der Waals surface area contributed by atoms with Crippen LogP contribution in [0.1, 0.15) is 44.2 Å². The molecule has 4 nitrogen and oxygen atoms in total. The third-order valence-corrected chi connectivity index (χ3v) is 5.58. The lowest BCUT2D eigenvalue weighted by molar-refractivity contribution is -0.125. The van der Waals surface area contributed by atoms with Gasteiger partial charge in [-0.15, -0.1) is 0 Å². The van der Waals surface area contributed by atoms with E-state index in [1.165, 1.54) is 30.6 Å². The molecular weight excluding hydrogens is 310 g/mol. The van der Waals surface area contributed by atoms with Gasteiger partial charge < -0.3 is 10.6 Å². The Morgan fingerprint density at radius 1 is 1.20 bits per heavy atom. The second-order valence-electron chi connectivity index (χ2n) is 8.17. The Bertz CT molecular complexity index is 558. The van der Waals surface area contributed by atoms with Crippen molar-refractivity contribution in [3.05, 3.63) is 35.4 Å². The van der Waals surface area contributed by atoms with Crippen LogP contribution < -0.4 is 10.6 Å². The highest BCUT2D eigenvalue weighted by molar-refractivity contribution is 5.79. The number of carbonyl (C=O) groups excluding carboxylic acids is 1. The van der Waals surface area contributed by atoms with Crippen LogP contribution in [0.4, 0.5) is 0 Å². The molecule has 3 unspecified atom stereocenters. The Morgan fingerprint density at radius 2 is 1.92 bits per heavy atom. The Hall–Kier alpha value is -1.39. The van der Waals surface area contributed by atoms with E-state index in [-0.39, 0.29) is 11.8 Å².